The second-order valence-corrected chi connectivity index (χ2v) is 5.29. The van der Waals surface area contributed by atoms with Crippen LogP contribution in [0, 0.1) is 10.5 Å². The topological polar surface area (TPSA) is 35.2 Å². The highest BCUT2D eigenvalue weighted by Crippen LogP contribution is 2.27. The summed E-state index contributed by atoms with van der Waals surface area (Å²) in [6.07, 6.45) is -0.0953. The Hall–Kier alpha value is -1.07. The number of aryl methyl sites for hydroxylation is 1. The molecule has 0 heterocycles. The molecule has 2 aromatic carbocycles. The van der Waals surface area contributed by atoms with E-state index in [9.17, 15) is 0 Å². The summed E-state index contributed by atoms with van der Waals surface area (Å²) in [6, 6.07) is 16.2. The molecule has 0 saturated heterocycles. The fourth-order valence-electron chi connectivity index (χ4n) is 1.88. The van der Waals surface area contributed by atoms with Crippen molar-refractivity contribution in [1.82, 2.24) is 0 Å². The monoisotopic (exact) mass is 353 g/mol. The predicted molar refractivity (Wildman–Crippen MR) is 82.8 cm³/mol. The van der Waals surface area contributed by atoms with Gasteiger partial charge in [0.15, 0.2) is 0 Å². The zero-order valence-electron chi connectivity index (χ0n) is 10.3. The minimum atomic E-state index is -0.0953. The van der Waals surface area contributed by atoms with Crippen molar-refractivity contribution in [3.05, 3.63) is 63.2 Å². The molecule has 0 saturated carbocycles. The van der Waals surface area contributed by atoms with E-state index in [1.807, 2.05) is 36.4 Å². The summed E-state index contributed by atoms with van der Waals surface area (Å²) in [6.45, 7) is 2.55. The Morgan fingerprint density at radius 3 is 2.44 bits per heavy atom. The van der Waals surface area contributed by atoms with E-state index < -0.39 is 0 Å². The van der Waals surface area contributed by atoms with Crippen LogP contribution in [0.3, 0.4) is 0 Å². The molecule has 0 amide bonds. The molecule has 2 rings (SSSR count). The maximum absolute atomic E-state index is 6.03. The molecule has 18 heavy (non-hydrogen) atoms. The molecule has 0 spiro atoms. The summed E-state index contributed by atoms with van der Waals surface area (Å²) in [5, 5.41) is 0. The Labute approximate surface area is 121 Å². The number of hydrogen-bond acceptors (Lipinski definition) is 2. The van der Waals surface area contributed by atoms with Crippen LogP contribution in [0.15, 0.2) is 48.5 Å². The molecule has 2 nitrogen and oxygen atoms in total. The van der Waals surface area contributed by atoms with E-state index >= 15 is 0 Å². The fraction of sp³-hybridized carbons (Fsp3) is 0.200. The fourth-order valence-corrected chi connectivity index (χ4v) is 2.39. The van der Waals surface area contributed by atoms with Gasteiger partial charge in [0.2, 0.25) is 0 Å². The summed E-state index contributed by atoms with van der Waals surface area (Å²) < 4.78 is 7.13. The van der Waals surface area contributed by atoms with Crippen LogP contribution in [0.4, 0.5) is 0 Å². The van der Waals surface area contributed by atoms with Gasteiger partial charge in [0.1, 0.15) is 11.9 Å². The van der Waals surface area contributed by atoms with Crippen molar-refractivity contribution in [2.75, 3.05) is 6.54 Å². The molecule has 0 bridgehead atoms. The molecule has 0 aliphatic carbocycles. The Morgan fingerprint density at radius 1 is 1.11 bits per heavy atom. The van der Waals surface area contributed by atoms with Gasteiger partial charge in [-0.05, 0) is 52.8 Å². The highest BCUT2D eigenvalue weighted by molar-refractivity contribution is 14.1. The lowest BCUT2D eigenvalue weighted by molar-refractivity contribution is 0.212. The number of rotatable bonds is 4. The highest BCUT2D eigenvalue weighted by atomic mass is 127. The summed E-state index contributed by atoms with van der Waals surface area (Å²) >= 11 is 2.27. The van der Waals surface area contributed by atoms with Gasteiger partial charge in [0.05, 0.1) is 3.57 Å². The standard InChI is InChI=1S/C15H16INO/c1-11-6-2-3-7-12(11)15(10-17)18-14-9-5-4-8-13(14)16/h2-9,15H,10,17H2,1H3. The van der Waals surface area contributed by atoms with Crippen molar-refractivity contribution < 1.29 is 4.74 Å². The first-order chi connectivity index (χ1) is 8.72. The molecule has 0 aromatic heterocycles. The normalized spacial score (nSPS) is 12.2. The first kappa shape index (κ1) is 13.4. The maximum Gasteiger partial charge on any atom is 0.136 e. The number of halogens is 1. The molecule has 0 aliphatic heterocycles. The van der Waals surface area contributed by atoms with Crippen LogP contribution in [0.25, 0.3) is 0 Å². The molecule has 94 valence electrons. The summed E-state index contributed by atoms with van der Waals surface area (Å²) in [7, 11) is 0. The van der Waals surface area contributed by atoms with Gasteiger partial charge in [0, 0.05) is 6.54 Å². The van der Waals surface area contributed by atoms with Crippen molar-refractivity contribution >= 4 is 22.6 Å². The molecular formula is C15H16INO. The number of benzene rings is 2. The molecule has 1 atom stereocenters. The van der Waals surface area contributed by atoms with Gasteiger partial charge >= 0.3 is 0 Å². The van der Waals surface area contributed by atoms with Gasteiger partial charge in [-0.2, -0.15) is 0 Å². The van der Waals surface area contributed by atoms with Crippen molar-refractivity contribution in [2.45, 2.75) is 13.0 Å². The predicted octanol–water partition coefficient (Wildman–Crippen LogP) is 3.68. The molecular weight excluding hydrogens is 337 g/mol. The second kappa shape index (κ2) is 6.20. The van der Waals surface area contributed by atoms with Crippen LogP contribution in [-0.4, -0.2) is 6.54 Å². The van der Waals surface area contributed by atoms with E-state index in [4.69, 9.17) is 10.5 Å². The Bertz CT molecular complexity index is 527. The van der Waals surface area contributed by atoms with Gasteiger partial charge in [-0.25, -0.2) is 0 Å². The Kier molecular flexibility index (Phi) is 4.60. The molecule has 2 aromatic rings. The molecule has 1 unspecified atom stereocenters. The van der Waals surface area contributed by atoms with Gasteiger partial charge in [-0.1, -0.05) is 36.4 Å². The quantitative estimate of drug-likeness (QED) is 0.852. The van der Waals surface area contributed by atoms with Crippen LogP contribution in [-0.2, 0) is 0 Å². The summed E-state index contributed by atoms with van der Waals surface area (Å²) in [4.78, 5) is 0. The van der Waals surface area contributed by atoms with Gasteiger partial charge in [0.25, 0.3) is 0 Å². The summed E-state index contributed by atoms with van der Waals surface area (Å²) in [5.74, 6) is 0.886. The molecule has 2 N–H and O–H groups in total. The lowest BCUT2D eigenvalue weighted by Gasteiger charge is -2.20. The zero-order valence-corrected chi connectivity index (χ0v) is 12.4. The maximum atomic E-state index is 6.03. The smallest absolute Gasteiger partial charge is 0.136 e. The number of ether oxygens (including phenoxy) is 1. The third-order valence-electron chi connectivity index (χ3n) is 2.86. The van der Waals surface area contributed by atoms with Crippen molar-refractivity contribution in [3.8, 4) is 5.75 Å². The largest absolute Gasteiger partial charge is 0.483 e. The third-order valence-corrected chi connectivity index (χ3v) is 3.75. The van der Waals surface area contributed by atoms with Crippen LogP contribution in [0.2, 0.25) is 0 Å². The zero-order chi connectivity index (χ0) is 13.0. The van der Waals surface area contributed by atoms with Crippen molar-refractivity contribution in [3.63, 3.8) is 0 Å². The van der Waals surface area contributed by atoms with Gasteiger partial charge in [-0.15, -0.1) is 0 Å². The minimum Gasteiger partial charge on any atom is -0.483 e. The number of hydrogen-bond donors (Lipinski definition) is 1. The molecule has 0 aliphatic rings. The lowest BCUT2D eigenvalue weighted by atomic mass is 10.0. The van der Waals surface area contributed by atoms with E-state index in [1.165, 1.54) is 5.56 Å². The number of para-hydroxylation sites is 1. The average molecular weight is 353 g/mol. The van der Waals surface area contributed by atoms with Crippen LogP contribution >= 0.6 is 22.6 Å². The molecule has 0 fully saturated rings. The first-order valence-corrected chi connectivity index (χ1v) is 6.97. The van der Waals surface area contributed by atoms with E-state index in [0.29, 0.717) is 6.54 Å². The minimum absolute atomic E-state index is 0.0953. The Balaban J connectivity index is 2.26. The Morgan fingerprint density at radius 2 is 1.78 bits per heavy atom. The van der Waals surface area contributed by atoms with E-state index in [1.54, 1.807) is 0 Å². The number of nitrogens with two attached hydrogens (primary N) is 1. The summed E-state index contributed by atoms with van der Waals surface area (Å²) in [5.41, 5.74) is 8.20. The van der Waals surface area contributed by atoms with Crippen molar-refractivity contribution in [1.29, 1.82) is 0 Å². The molecule has 3 heteroatoms. The highest BCUT2D eigenvalue weighted by Gasteiger charge is 2.14. The van der Waals surface area contributed by atoms with Crippen LogP contribution in [0.1, 0.15) is 17.2 Å². The van der Waals surface area contributed by atoms with E-state index in [0.717, 1.165) is 14.9 Å². The van der Waals surface area contributed by atoms with Crippen LogP contribution in [0.5, 0.6) is 5.75 Å². The first-order valence-electron chi connectivity index (χ1n) is 5.89. The average Bonchev–Trinajstić information content (AvgIpc) is 2.39. The lowest BCUT2D eigenvalue weighted by Crippen LogP contribution is -2.19. The van der Waals surface area contributed by atoms with E-state index in [-0.39, 0.29) is 6.10 Å². The van der Waals surface area contributed by atoms with Crippen LogP contribution < -0.4 is 10.5 Å². The third kappa shape index (κ3) is 3.03. The van der Waals surface area contributed by atoms with Gasteiger partial charge < -0.3 is 10.5 Å². The van der Waals surface area contributed by atoms with Gasteiger partial charge in [-0.3, -0.25) is 0 Å². The second-order valence-electron chi connectivity index (χ2n) is 4.13. The van der Waals surface area contributed by atoms with Crippen molar-refractivity contribution in [2.24, 2.45) is 5.73 Å². The molecule has 0 radical (unpaired) electrons. The van der Waals surface area contributed by atoms with E-state index in [2.05, 4.69) is 41.6 Å². The SMILES string of the molecule is Cc1ccccc1C(CN)Oc1ccccc1I.